The molecule has 4 nitrogen and oxygen atoms in total. The number of hydrogen-bond acceptors (Lipinski definition) is 4. The van der Waals surface area contributed by atoms with E-state index in [1.54, 1.807) is 0 Å². The Morgan fingerprint density at radius 1 is 1.21 bits per heavy atom. The van der Waals surface area contributed by atoms with Crippen molar-refractivity contribution >= 4 is 5.82 Å². The Hall–Kier alpha value is -1.94. The quantitative estimate of drug-likeness (QED) is 0.893. The molecular weight excluding hydrogens is 236 g/mol. The van der Waals surface area contributed by atoms with Gasteiger partial charge in [-0.15, -0.1) is 0 Å². The molecule has 1 atom stereocenters. The second kappa shape index (κ2) is 6.29. The second-order valence-electron chi connectivity index (χ2n) is 4.61. The summed E-state index contributed by atoms with van der Waals surface area (Å²) in [5.74, 6) is 0.976. The van der Waals surface area contributed by atoms with E-state index in [9.17, 15) is 0 Å². The van der Waals surface area contributed by atoms with Gasteiger partial charge in [0.2, 0.25) is 0 Å². The van der Waals surface area contributed by atoms with Gasteiger partial charge in [-0.2, -0.15) is 0 Å². The number of nitrogens with two attached hydrogens (primary N) is 1. The molecule has 0 spiro atoms. The normalized spacial score (nSPS) is 12.2. The van der Waals surface area contributed by atoms with Crippen LogP contribution in [0.2, 0.25) is 0 Å². The zero-order valence-corrected chi connectivity index (χ0v) is 11.5. The Morgan fingerprint density at radius 2 is 1.95 bits per heavy atom. The highest BCUT2D eigenvalue weighted by Crippen LogP contribution is 2.16. The third-order valence-electron chi connectivity index (χ3n) is 3.13. The van der Waals surface area contributed by atoms with Crippen molar-refractivity contribution < 1.29 is 0 Å². The van der Waals surface area contributed by atoms with Crippen LogP contribution in [0.4, 0.5) is 5.82 Å². The molecule has 2 aromatic rings. The average molecular weight is 256 g/mol. The topological polar surface area (TPSA) is 55.0 Å². The maximum absolute atomic E-state index is 5.84. The summed E-state index contributed by atoms with van der Waals surface area (Å²) in [7, 11) is 0. The first kappa shape index (κ1) is 13.5. The summed E-state index contributed by atoms with van der Waals surface area (Å²) in [6.07, 6.45) is 5.49. The molecule has 0 aliphatic heterocycles. The molecule has 2 N–H and O–H groups in total. The monoisotopic (exact) mass is 256 g/mol. The molecule has 2 heterocycles. The molecule has 0 aromatic carbocycles. The molecule has 0 aliphatic rings. The zero-order chi connectivity index (χ0) is 13.7. The molecular formula is C15H20N4. The van der Waals surface area contributed by atoms with Crippen LogP contribution in [0.5, 0.6) is 0 Å². The molecule has 2 rings (SSSR count). The fourth-order valence-corrected chi connectivity index (χ4v) is 1.92. The number of pyridine rings is 2. The van der Waals surface area contributed by atoms with Crippen LogP contribution >= 0.6 is 0 Å². The van der Waals surface area contributed by atoms with Gasteiger partial charge in [0.05, 0.1) is 0 Å². The second-order valence-corrected chi connectivity index (χ2v) is 4.61. The van der Waals surface area contributed by atoms with Crippen LogP contribution < -0.4 is 10.6 Å². The Labute approximate surface area is 114 Å². The van der Waals surface area contributed by atoms with Crippen LogP contribution in [0, 0.1) is 0 Å². The largest absolute Gasteiger partial charge is 0.353 e. The molecule has 0 aliphatic carbocycles. The van der Waals surface area contributed by atoms with Gasteiger partial charge in [-0.25, -0.2) is 4.98 Å². The molecule has 0 saturated carbocycles. The van der Waals surface area contributed by atoms with Crippen molar-refractivity contribution in [2.75, 3.05) is 11.4 Å². The number of nitrogens with zero attached hydrogens (tertiary/aromatic N) is 3. The van der Waals surface area contributed by atoms with Crippen molar-refractivity contribution in [2.45, 2.75) is 26.4 Å². The van der Waals surface area contributed by atoms with Gasteiger partial charge in [0, 0.05) is 37.7 Å². The van der Waals surface area contributed by atoms with Crippen LogP contribution in [0.15, 0.2) is 42.9 Å². The van der Waals surface area contributed by atoms with Gasteiger partial charge >= 0.3 is 0 Å². The van der Waals surface area contributed by atoms with Gasteiger partial charge in [0.1, 0.15) is 5.82 Å². The van der Waals surface area contributed by atoms with E-state index in [1.807, 2.05) is 49.8 Å². The Balaban J connectivity index is 2.13. The van der Waals surface area contributed by atoms with Crippen molar-refractivity contribution in [3.8, 4) is 0 Å². The van der Waals surface area contributed by atoms with Crippen molar-refractivity contribution in [3.05, 3.63) is 54.0 Å². The highest BCUT2D eigenvalue weighted by molar-refractivity contribution is 5.40. The molecule has 0 fully saturated rings. The lowest BCUT2D eigenvalue weighted by Crippen LogP contribution is -2.23. The van der Waals surface area contributed by atoms with Crippen LogP contribution in [-0.2, 0) is 6.54 Å². The Bertz CT molecular complexity index is 493. The molecule has 100 valence electrons. The van der Waals surface area contributed by atoms with Gasteiger partial charge in [0.15, 0.2) is 0 Å². The van der Waals surface area contributed by atoms with Gasteiger partial charge < -0.3 is 10.6 Å². The minimum Gasteiger partial charge on any atom is -0.353 e. The fraction of sp³-hybridized carbons (Fsp3) is 0.333. The highest BCUT2D eigenvalue weighted by Gasteiger charge is 2.07. The van der Waals surface area contributed by atoms with E-state index < -0.39 is 0 Å². The molecule has 0 saturated heterocycles. The summed E-state index contributed by atoms with van der Waals surface area (Å²) in [6.45, 7) is 5.84. The van der Waals surface area contributed by atoms with Crippen LogP contribution in [-0.4, -0.2) is 16.5 Å². The molecule has 19 heavy (non-hydrogen) atoms. The number of aromatic nitrogens is 2. The molecule has 4 heteroatoms. The van der Waals surface area contributed by atoms with Crippen molar-refractivity contribution in [2.24, 2.45) is 5.73 Å². The van der Waals surface area contributed by atoms with E-state index in [2.05, 4.69) is 21.8 Å². The average Bonchev–Trinajstić information content (AvgIpc) is 2.46. The smallest absolute Gasteiger partial charge is 0.128 e. The van der Waals surface area contributed by atoms with Crippen molar-refractivity contribution in [3.63, 3.8) is 0 Å². The summed E-state index contributed by atoms with van der Waals surface area (Å²) in [6, 6.07) is 8.15. The van der Waals surface area contributed by atoms with Crippen molar-refractivity contribution in [1.82, 2.24) is 9.97 Å². The van der Waals surface area contributed by atoms with E-state index in [-0.39, 0.29) is 6.04 Å². The number of hydrogen-bond donors (Lipinski definition) is 1. The molecule has 1 unspecified atom stereocenters. The van der Waals surface area contributed by atoms with Gasteiger partial charge in [-0.05, 0) is 43.2 Å². The molecule has 0 radical (unpaired) electrons. The summed E-state index contributed by atoms with van der Waals surface area (Å²) >= 11 is 0. The summed E-state index contributed by atoms with van der Waals surface area (Å²) < 4.78 is 0. The Kier molecular flexibility index (Phi) is 4.47. The van der Waals surface area contributed by atoms with Gasteiger partial charge in [-0.3, -0.25) is 4.98 Å². The predicted octanol–water partition coefficient (Wildman–Crippen LogP) is 2.52. The molecule has 2 aromatic heterocycles. The van der Waals surface area contributed by atoms with E-state index in [1.165, 1.54) is 5.56 Å². The molecule has 0 amide bonds. The first-order valence-corrected chi connectivity index (χ1v) is 6.56. The first-order valence-electron chi connectivity index (χ1n) is 6.56. The minimum atomic E-state index is 0.0248. The first-order chi connectivity index (χ1) is 9.20. The van der Waals surface area contributed by atoms with Gasteiger partial charge in [0.25, 0.3) is 0 Å². The predicted molar refractivity (Wildman–Crippen MR) is 77.8 cm³/mol. The lowest BCUT2D eigenvalue weighted by molar-refractivity contribution is 0.791. The zero-order valence-electron chi connectivity index (χ0n) is 11.5. The van der Waals surface area contributed by atoms with Crippen LogP contribution in [0.25, 0.3) is 0 Å². The van der Waals surface area contributed by atoms with E-state index in [0.717, 1.165) is 24.5 Å². The van der Waals surface area contributed by atoms with E-state index >= 15 is 0 Å². The van der Waals surface area contributed by atoms with Gasteiger partial charge in [-0.1, -0.05) is 6.07 Å². The van der Waals surface area contributed by atoms with Crippen LogP contribution in [0.3, 0.4) is 0 Å². The third kappa shape index (κ3) is 3.51. The maximum Gasteiger partial charge on any atom is 0.128 e. The third-order valence-corrected chi connectivity index (χ3v) is 3.13. The van der Waals surface area contributed by atoms with E-state index in [4.69, 9.17) is 5.73 Å². The highest BCUT2D eigenvalue weighted by atomic mass is 15.2. The minimum absolute atomic E-state index is 0.0248. The number of anilines is 1. The number of rotatable bonds is 5. The van der Waals surface area contributed by atoms with Crippen molar-refractivity contribution in [1.29, 1.82) is 0 Å². The standard InChI is InChI=1S/C15H20N4/c1-3-19(11-13-6-8-17-9-7-13)15-5-4-14(10-18-15)12(2)16/h4-10,12H,3,11,16H2,1-2H3. The summed E-state index contributed by atoms with van der Waals surface area (Å²) in [5.41, 5.74) is 8.13. The lowest BCUT2D eigenvalue weighted by atomic mass is 10.1. The van der Waals surface area contributed by atoms with E-state index in [0.29, 0.717) is 0 Å². The lowest BCUT2D eigenvalue weighted by Gasteiger charge is -2.22. The fourth-order valence-electron chi connectivity index (χ4n) is 1.92. The van der Waals surface area contributed by atoms with Crippen LogP contribution in [0.1, 0.15) is 31.0 Å². The summed E-state index contributed by atoms with van der Waals surface area (Å²) in [5, 5.41) is 0. The SMILES string of the molecule is CCN(Cc1ccncc1)c1ccc(C(C)N)cn1. The summed E-state index contributed by atoms with van der Waals surface area (Å²) in [4.78, 5) is 10.8. The Morgan fingerprint density at radius 3 is 2.47 bits per heavy atom. The molecule has 0 bridgehead atoms. The maximum atomic E-state index is 5.84.